The van der Waals surface area contributed by atoms with Gasteiger partial charge in [0.1, 0.15) is 0 Å². The number of nitrogens with one attached hydrogen (secondary N) is 1. The molecular formula is C11H21NO3S. The highest BCUT2D eigenvalue weighted by Crippen LogP contribution is 2.33. The standard InChI is InChI=1S/C11H21NO3S/c13-9-11(7-4-8-11)12-16(14,15)10-5-2-1-3-6-10/h10,12-13H,1-9H2. The third-order valence-corrected chi connectivity index (χ3v) is 6.03. The molecule has 0 unspecified atom stereocenters. The van der Waals surface area contributed by atoms with Crippen LogP contribution in [0.1, 0.15) is 51.4 Å². The number of hydrogen-bond donors (Lipinski definition) is 2. The second-order valence-electron chi connectivity index (χ2n) is 5.20. The van der Waals surface area contributed by atoms with Crippen LogP contribution in [0, 0.1) is 0 Å². The van der Waals surface area contributed by atoms with Crippen molar-refractivity contribution in [2.45, 2.75) is 62.2 Å². The third kappa shape index (κ3) is 2.41. The molecule has 0 spiro atoms. The van der Waals surface area contributed by atoms with E-state index in [2.05, 4.69) is 4.72 Å². The second-order valence-corrected chi connectivity index (χ2v) is 7.16. The van der Waals surface area contributed by atoms with Crippen molar-refractivity contribution in [2.75, 3.05) is 6.61 Å². The van der Waals surface area contributed by atoms with E-state index in [0.717, 1.165) is 51.4 Å². The zero-order valence-corrected chi connectivity index (χ0v) is 10.4. The number of rotatable bonds is 4. The highest BCUT2D eigenvalue weighted by molar-refractivity contribution is 7.90. The van der Waals surface area contributed by atoms with Gasteiger partial charge in [0.25, 0.3) is 0 Å². The van der Waals surface area contributed by atoms with Gasteiger partial charge in [0.2, 0.25) is 10.0 Å². The lowest BCUT2D eigenvalue weighted by atomic mass is 9.78. The monoisotopic (exact) mass is 247 g/mol. The van der Waals surface area contributed by atoms with E-state index in [1.54, 1.807) is 0 Å². The summed E-state index contributed by atoms with van der Waals surface area (Å²) in [6, 6.07) is 0. The molecule has 94 valence electrons. The molecule has 0 radical (unpaired) electrons. The Kier molecular flexibility index (Phi) is 3.56. The van der Waals surface area contributed by atoms with Crippen LogP contribution in [0.4, 0.5) is 0 Å². The average Bonchev–Trinajstić information content (AvgIpc) is 2.25. The molecule has 2 fully saturated rings. The van der Waals surface area contributed by atoms with Crippen molar-refractivity contribution in [3.8, 4) is 0 Å². The van der Waals surface area contributed by atoms with Crippen molar-refractivity contribution < 1.29 is 13.5 Å². The normalized spacial score (nSPS) is 26.3. The van der Waals surface area contributed by atoms with Crippen LogP contribution in [-0.4, -0.2) is 30.9 Å². The zero-order valence-electron chi connectivity index (χ0n) is 9.61. The fourth-order valence-corrected chi connectivity index (χ4v) is 4.65. The van der Waals surface area contributed by atoms with Gasteiger partial charge in [0, 0.05) is 0 Å². The van der Waals surface area contributed by atoms with E-state index in [0.29, 0.717) is 0 Å². The molecule has 0 aliphatic heterocycles. The van der Waals surface area contributed by atoms with E-state index in [1.165, 1.54) is 0 Å². The van der Waals surface area contributed by atoms with Gasteiger partial charge in [0.05, 0.1) is 17.4 Å². The highest BCUT2D eigenvalue weighted by atomic mass is 32.2. The molecule has 2 saturated carbocycles. The molecule has 16 heavy (non-hydrogen) atoms. The van der Waals surface area contributed by atoms with Gasteiger partial charge in [-0.3, -0.25) is 0 Å². The summed E-state index contributed by atoms with van der Waals surface area (Å²) in [5.74, 6) is 0. The molecule has 5 heteroatoms. The number of aliphatic hydroxyl groups excluding tert-OH is 1. The van der Waals surface area contributed by atoms with Crippen LogP contribution in [-0.2, 0) is 10.0 Å². The largest absolute Gasteiger partial charge is 0.394 e. The minimum atomic E-state index is -3.22. The Morgan fingerprint density at radius 2 is 1.75 bits per heavy atom. The number of hydrogen-bond acceptors (Lipinski definition) is 3. The van der Waals surface area contributed by atoms with Crippen molar-refractivity contribution >= 4 is 10.0 Å². The van der Waals surface area contributed by atoms with Crippen molar-refractivity contribution in [2.24, 2.45) is 0 Å². The van der Waals surface area contributed by atoms with Crippen LogP contribution in [0.3, 0.4) is 0 Å². The molecule has 0 saturated heterocycles. The van der Waals surface area contributed by atoms with Gasteiger partial charge in [-0.2, -0.15) is 0 Å². The lowest BCUT2D eigenvalue weighted by Gasteiger charge is -2.41. The van der Waals surface area contributed by atoms with Gasteiger partial charge in [-0.25, -0.2) is 13.1 Å². The molecule has 2 aliphatic rings. The summed E-state index contributed by atoms with van der Waals surface area (Å²) in [6.07, 6.45) is 7.28. The zero-order chi connectivity index (χ0) is 11.6. The Bertz CT molecular complexity index is 324. The molecule has 2 N–H and O–H groups in total. The topological polar surface area (TPSA) is 66.4 Å². The first kappa shape index (κ1) is 12.3. The molecule has 0 heterocycles. The van der Waals surface area contributed by atoms with E-state index in [9.17, 15) is 13.5 Å². The van der Waals surface area contributed by atoms with Gasteiger partial charge in [-0.1, -0.05) is 19.3 Å². The van der Waals surface area contributed by atoms with Crippen LogP contribution in [0.25, 0.3) is 0 Å². The van der Waals surface area contributed by atoms with Crippen LogP contribution < -0.4 is 4.72 Å². The fraction of sp³-hybridized carbons (Fsp3) is 1.00. The van der Waals surface area contributed by atoms with Crippen molar-refractivity contribution in [1.29, 1.82) is 0 Å². The molecule has 0 amide bonds. The Balaban J connectivity index is 2.01. The molecular weight excluding hydrogens is 226 g/mol. The fourth-order valence-electron chi connectivity index (χ4n) is 2.66. The summed E-state index contributed by atoms with van der Waals surface area (Å²) >= 11 is 0. The Hall–Kier alpha value is -0.130. The highest BCUT2D eigenvalue weighted by Gasteiger charge is 2.42. The minimum absolute atomic E-state index is 0.0705. The van der Waals surface area contributed by atoms with E-state index in [1.807, 2.05) is 0 Å². The first-order valence-electron chi connectivity index (χ1n) is 6.22. The van der Waals surface area contributed by atoms with E-state index < -0.39 is 15.6 Å². The van der Waals surface area contributed by atoms with Gasteiger partial charge >= 0.3 is 0 Å². The van der Waals surface area contributed by atoms with Crippen LogP contribution in [0.15, 0.2) is 0 Å². The molecule has 0 aromatic carbocycles. The molecule has 0 atom stereocenters. The van der Waals surface area contributed by atoms with Crippen LogP contribution >= 0.6 is 0 Å². The van der Waals surface area contributed by atoms with E-state index >= 15 is 0 Å². The lowest BCUT2D eigenvalue weighted by molar-refractivity contribution is 0.110. The molecule has 4 nitrogen and oxygen atoms in total. The molecule has 0 aromatic heterocycles. The maximum atomic E-state index is 12.1. The summed E-state index contributed by atoms with van der Waals surface area (Å²) in [7, 11) is -3.22. The maximum absolute atomic E-state index is 12.1. The Labute approximate surface area is 97.5 Å². The van der Waals surface area contributed by atoms with Crippen molar-refractivity contribution in [1.82, 2.24) is 4.72 Å². The predicted octanol–water partition coefficient (Wildman–Crippen LogP) is 1.15. The minimum Gasteiger partial charge on any atom is -0.394 e. The van der Waals surface area contributed by atoms with Gasteiger partial charge in [0.15, 0.2) is 0 Å². The SMILES string of the molecule is O=S(=O)(NC1(CO)CCC1)C1CCCCC1. The summed E-state index contributed by atoms with van der Waals surface area (Å²) in [5.41, 5.74) is -0.531. The van der Waals surface area contributed by atoms with Gasteiger partial charge < -0.3 is 5.11 Å². The molecule has 2 rings (SSSR count). The summed E-state index contributed by atoms with van der Waals surface area (Å²) in [5, 5.41) is 9.04. The van der Waals surface area contributed by atoms with E-state index in [-0.39, 0.29) is 11.9 Å². The van der Waals surface area contributed by atoms with Gasteiger partial charge in [-0.15, -0.1) is 0 Å². The van der Waals surface area contributed by atoms with Crippen molar-refractivity contribution in [3.05, 3.63) is 0 Å². The summed E-state index contributed by atoms with van der Waals surface area (Å²) < 4.78 is 27.0. The number of aliphatic hydroxyl groups is 1. The summed E-state index contributed by atoms with van der Waals surface area (Å²) in [6.45, 7) is -0.0705. The van der Waals surface area contributed by atoms with Crippen LogP contribution in [0.2, 0.25) is 0 Å². The first-order valence-corrected chi connectivity index (χ1v) is 7.76. The van der Waals surface area contributed by atoms with E-state index in [4.69, 9.17) is 0 Å². The first-order chi connectivity index (χ1) is 7.58. The van der Waals surface area contributed by atoms with Crippen LogP contribution in [0.5, 0.6) is 0 Å². The Morgan fingerprint density at radius 1 is 1.12 bits per heavy atom. The maximum Gasteiger partial charge on any atom is 0.215 e. The average molecular weight is 247 g/mol. The Morgan fingerprint density at radius 3 is 2.19 bits per heavy atom. The van der Waals surface area contributed by atoms with Gasteiger partial charge in [-0.05, 0) is 32.1 Å². The van der Waals surface area contributed by atoms with Crippen molar-refractivity contribution in [3.63, 3.8) is 0 Å². The molecule has 2 aliphatic carbocycles. The quantitative estimate of drug-likeness (QED) is 0.783. The predicted molar refractivity (Wildman–Crippen MR) is 62.6 cm³/mol. The molecule has 0 bridgehead atoms. The number of sulfonamides is 1. The second kappa shape index (κ2) is 4.63. The summed E-state index contributed by atoms with van der Waals surface area (Å²) in [4.78, 5) is 0. The smallest absolute Gasteiger partial charge is 0.215 e. The lowest BCUT2D eigenvalue weighted by Crippen LogP contribution is -2.58. The molecule has 0 aromatic rings. The third-order valence-electron chi connectivity index (χ3n) is 3.96.